The van der Waals surface area contributed by atoms with Crippen LogP contribution in [0.2, 0.25) is 0 Å². The lowest BCUT2D eigenvalue weighted by atomic mass is 9.97. The third kappa shape index (κ3) is 3.68. The van der Waals surface area contributed by atoms with Crippen LogP contribution in [0.15, 0.2) is 18.5 Å². The molecule has 0 saturated carbocycles. The number of aromatic nitrogens is 1. The highest BCUT2D eigenvalue weighted by molar-refractivity contribution is 5.25. The summed E-state index contributed by atoms with van der Waals surface area (Å²) in [5.74, 6) is 0.897. The van der Waals surface area contributed by atoms with Crippen LogP contribution in [0.5, 0.6) is 5.75 Å². The predicted molar refractivity (Wildman–Crippen MR) is 66.0 cm³/mol. The summed E-state index contributed by atoms with van der Waals surface area (Å²) in [6, 6.07) is 1.80. The van der Waals surface area contributed by atoms with Crippen molar-refractivity contribution in [2.24, 2.45) is 5.92 Å². The number of ether oxygens (including phenoxy) is 2. The Morgan fingerprint density at radius 1 is 1.35 bits per heavy atom. The van der Waals surface area contributed by atoms with Crippen LogP contribution in [0.25, 0.3) is 0 Å². The van der Waals surface area contributed by atoms with Gasteiger partial charge in [-0.2, -0.15) is 0 Å². The lowest BCUT2D eigenvalue weighted by Gasteiger charge is -2.25. The van der Waals surface area contributed by atoms with Gasteiger partial charge in [-0.25, -0.2) is 0 Å². The van der Waals surface area contributed by atoms with Gasteiger partial charge in [0, 0.05) is 18.9 Å². The van der Waals surface area contributed by atoms with Crippen LogP contribution in [0.3, 0.4) is 0 Å². The monoisotopic (exact) mass is 239 g/mol. The van der Waals surface area contributed by atoms with Gasteiger partial charge in [-0.15, -0.1) is 0 Å². The van der Waals surface area contributed by atoms with Gasteiger partial charge >= 0.3 is 0 Å². The van der Waals surface area contributed by atoms with Gasteiger partial charge in [0.25, 0.3) is 0 Å². The number of rotatable bonds is 6. The second kappa shape index (κ2) is 6.57. The van der Waals surface area contributed by atoms with Gasteiger partial charge in [0.2, 0.25) is 0 Å². The summed E-state index contributed by atoms with van der Waals surface area (Å²) in [6.45, 7) is 6.52. The van der Waals surface area contributed by atoms with E-state index in [1.807, 2.05) is 20.8 Å². The topological polar surface area (TPSA) is 51.6 Å². The molecule has 0 amide bonds. The SMILES string of the molecule is CCOc1cncc(C(O)C(OC)C(C)C)c1. The first kappa shape index (κ1) is 13.9. The van der Waals surface area contributed by atoms with E-state index in [1.54, 1.807) is 25.6 Å². The fraction of sp³-hybridized carbons (Fsp3) is 0.615. The molecule has 96 valence electrons. The zero-order valence-corrected chi connectivity index (χ0v) is 10.9. The van der Waals surface area contributed by atoms with Gasteiger partial charge in [0.1, 0.15) is 11.9 Å². The smallest absolute Gasteiger partial charge is 0.137 e. The lowest BCUT2D eigenvalue weighted by Crippen LogP contribution is -2.26. The third-order valence-electron chi connectivity index (χ3n) is 2.63. The largest absolute Gasteiger partial charge is 0.492 e. The average Bonchev–Trinajstić information content (AvgIpc) is 2.30. The molecule has 0 spiro atoms. The summed E-state index contributed by atoms with van der Waals surface area (Å²) in [5.41, 5.74) is 0.719. The maximum absolute atomic E-state index is 10.2. The number of aliphatic hydroxyl groups excluding tert-OH is 1. The van der Waals surface area contributed by atoms with E-state index in [1.165, 1.54) is 0 Å². The highest BCUT2D eigenvalue weighted by Gasteiger charge is 2.24. The Balaban J connectivity index is 2.86. The molecular weight excluding hydrogens is 218 g/mol. The Hall–Kier alpha value is -1.13. The standard InChI is InChI=1S/C13H21NO3/c1-5-17-11-6-10(7-14-8-11)12(15)13(16-4)9(2)3/h6-9,12-13,15H,5H2,1-4H3. The predicted octanol–water partition coefficient (Wildman–Crippen LogP) is 2.18. The fourth-order valence-electron chi connectivity index (χ4n) is 1.80. The van der Waals surface area contributed by atoms with E-state index in [0.717, 1.165) is 5.56 Å². The van der Waals surface area contributed by atoms with Crippen LogP contribution in [0.1, 0.15) is 32.4 Å². The molecule has 0 aliphatic rings. The molecule has 0 bridgehead atoms. The van der Waals surface area contributed by atoms with Gasteiger partial charge in [0.15, 0.2) is 0 Å². The zero-order valence-electron chi connectivity index (χ0n) is 10.9. The fourth-order valence-corrected chi connectivity index (χ4v) is 1.80. The number of pyridine rings is 1. The molecule has 1 N–H and O–H groups in total. The van der Waals surface area contributed by atoms with Crippen LogP contribution < -0.4 is 4.74 Å². The minimum absolute atomic E-state index is 0.228. The van der Waals surface area contributed by atoms with Crippen LogP contribution >= 0.6 is 0 Å². The minimum Gasteiger partial charge on any atom is -0.492 e. The van der Waals surface area contributed by atoms with Crippen molar-refractivity contribution in [2.45, 2.75) is 33.0 Å². The Morgan fingerprint density at radius 3 is 2.59 bits per heavy atom. The van der Waals surface area contributed by atoms with Gasteiger partial charge in [-0.3, -0.25) is 4.98 Å². The van der Waals surface area contributed by atoms with Crippen molar-refractivity contribution >= 4 is 0 Å². The minimum atomic E-state index is -0.687. The van der Waals surface area contributed by atoms with Crippen molar-refractivity contribution in [1.82, 2.24) is 4.98 Å². The lowest BCUT2D eigenvalue weighted by molar-refractivity contribution is -0.0392. The molecular formula is C13H21NO3. The number of methoxy groups -OCH3 is 1. The van der Waals surface area contributed by atoms with Gasteiger partial charge in [0.05, 0.1) is 18.9 Å². The summed E-state index contributed by atoms with van der Waals surface area (Å²) in [7, 11) is 1.60. The number of aliphatic hydroxyl groups is 1. The number of hydrogen-bond donors (Lipinski definition) is 1. The molecule has 0 aliphatic carbocycles. The van der Waals surface area contributed by atoms with Crippen LogP contribution in [-0.4, -0.2) is 29.9 Å². The Bertz CT molecular complexity index is 341. The summed E-state index contributed by atoms with van der Waals surface area (Å²) >= 11 is 0. The molecule has 4 heteroatoms. The molecule has 1 heterocycles. The maximum Gasteiger partial charge on any atom is 0.137 e. The zero-order chi connectivity index (χ0) is 12.8. The van der Waals surface area contributed by atoms with E-state index in [4.69, 9.17) is 9.47 Å². The molecule has 2 atom stereocenters. The molecule has 1 rings (SSSR count). The molecule has 0 aliphatic heterocycles. The number of hydrogen-bond acceptors (Lipinski definition) is 4. The molecule has 1 aromatic heterocycles. The first-order chi connectivity index (χ1) is 8.10. The maximum atomic E-state index is 10.2. The quantitative estimate of drug-likeness (QED) is 0.826. The van der Waals surface area contributed by atoms with Gasteiger partial charge < -0.3 is 14.6 Å². The van der Waals surface area contributed by atoms with Crippen LogP contribution in [0.4, 0.5) is 0 Å². The normalized spacial score (nSPS) is 14.7. The summed E-state index contributed by atoms with van der Waals surface area (Å²) in [4.78, 5) is 4.06. The van der Waals surface area contributed by atoms with Crippen LogP contribution in [0, 0.1) is 5.92 Å². The Labute approximate surface area is 103 Å². The van der Waals surface area contributed by atoms with Crippen molar-refractivity contribution in [3.8, 4) is 5.75 Å². The van der Waals surface area contributed by atoms with Crippen molar-refractivity contribution in [3.63, 3.8) is 0 Å². The van der Waals surface area contributed by atoms with E-state index < -0.39 is 6.10 Å². The van der Waals surface area contributed by atoms with Crippen molar-refractivity contribution in [3.05, 3.63) is 24.0 Å². The van der Waals surface area contributed by atoms with Crippen molar-refractivity contribution in [2.75, 3.05) is 13.7 Å². The second-order valence-electron chi connectivity index (χ2n) is 4.28. The summed E-state index contributed by atoms with van der Waals surface area (Å²) in [5, 5.41) is 10.2. The van der Waals surface area contributed by atoms with E-state index in [0.29, 0.717) is 12.4 Å². The third-order valence-corrected chi connectivity index (χ3v) is 2.63. The summed E-state index contributed by atoms with van der Waals surface area (Å²) in [6.07, 6.45) is 2.35. The first-order valence-corrected chi connectivity index (χ1v) is 5.88. The molecule has 0 aromatic carbocycles. The van der Waals surface area contributed by atoms with E-state index in [9.17, 15) is 5.11 Å². The molecule has 0 saturated heterocycles. The van der Waals surface area contributed by atoms with Crippen molar-refractivity contribution < 1.29 is 14.6 Å². The van der Waals surface area contributed by atoms with Gasteiger partial charge in [-0.05, 0) is 18.9 Å². The second-order valence-corrected chi connectivity index (χ2v) is 4.28. The highest BCUT2D eigenvalue weighted by Crippen LogP contribution is 2.25. The van der Waals surface area contributed by atoms with E-state index in [2.05, 4.69) is 4.98 Å². The van der Waals surface area contributed by atoms with E-state index >= 15 is 0 Å². The van der Waals surface area contributed by atoms with E-state index in [-0.39, 0.29) is 12.0 Å². The molecule has 2 unspecified atom stereocenters. The Morgan fingerprint density at radius 2 is 2.06 bits per heavy atom. The molecule has 4 nitrogen and oxygen atoms in total. The molecule has 0 fully saturated rings. The Kier molecular flexibility index (Phi) is 5.38. The van der Waals surface area contributed by atoms with Gasteiger partial charge in [-0.1, -0.05) is 13.8 Å². The average molecular weight is 239 g/mol. The highest BCUT2D eigenvalue weighted by atomic mass is 16.5. The van der Waals surface area contributed by atoms with Crippen molar-refractivity contribution in [1.29, 1.82) is 0 Å². The number of nitrogens with zero attached hydrogens (tertiary/aromatic N) is 1. The molecule has 1 aromatic rings. The molecule has 17 heavy (non-hydrogen) atoms. The summed E-state index contributed by atoms with van der Waals surface area (Å²) < 4.78 is 10.7. The molecule has 0 radical (unpaired) electrons. The first-order valence-electron chi connectivity index (χ1n) is 5.88. The van der Waals surface area contributed by atoms with Crippen LogP contribution in [-0.2, 0) is 4.74 Å².